The Labute approximate surface area is 89.1 Å². The predicted octanol–water partition coefficient (Wildman–Crippen LogP) is 3.11. The Bertz CT molecular complexity index is 368. The maximum atomic E-state index is 8.47. The summed E-state index contributed by atoms with van der Waals surface area (Å²) in [5.74, 6) is 0.680. The fourth-order valence-electron chi connectivity index (χ4n) is 1.30. The Kier molecular flexibility index (Phi) is 3.79. The minimum absolute atomic E-state index is 0.518. The van der Waals surface area contributed by atoms with E-state index in [-0.39, 0.29) is 0 Å². The zero-order valence-corrected chi connectivity index (χ0v) is 9.06. The number of hydrogen-bond donors (Lipinski definition) is 0. The van der Waals surface area contributed by atoms with Gasteiger partial charge in [-0.1, -0.05) is 17.7 Å². The first-order valence-corrected chi connectivity index (χ1v) is 4.76. The molecule has 0 aromatic heterocycles. The van der Waals surface area contributed by atoms with Gasteiger partial charge in [0.25, 0.3) is 0 Å². The fraction of sp³-hybridized carbons (Fsp3) is 0.364. The molecule has 74 valence electrons. The molecule has 0 aliphatic heterocycles. The maximum Gasteiger partial charge on any atom is 0.137 e. The van der Waals surface area contributed by atoms with Gasteiger partial charge >= 0.3 is 0 Å². The van der Waals surface area contributed by atoms with Gasteiger partial charge in [-0.3, -0.25) is 0 Å². The van der Waals surface area contributed by atoms with Crippen LogP contribution in [-0.2, 0) is 6.42 Å². The summed E-state index contributed by atoms with van der Waals surface area (Å²) in [6, 6.07) is 5.98. The summed E-state index contributed by atoms with van der Waals surface area (Å²) in [4.78, 5) is 0. The molecule has 0 spiro atoms. The average molecular weight is 210 g/mol. The average Bonchev–Trinajstić information content (AvgIpc) is 2.19. The third-order valence-corrected chi connectivity index (χ3v) is 2.51. The molecular weight excluding hydrogens is 198 g/mol. The standard InChI is InChI=1S/C11H12ClNO/c1-8-6-9(4-3-5-13)7-10(14-2)11(8)12/h6-7H,3-4H2,1-2H3. The number of methoxy groups -OCH3 is 1. The molecule has 0 aliphatic rings. The third kappa shape index (κ3) is 2.40. The number of nitrogens with zero attached hydrogens (tertiary/aromatic N) is 1. The van der Waals surface area contributed by atoms with Crippen LogP contribution >= 0.6 is 11.6 Å². The lowest BCUT2D eigenvalue weighted by atomic mass is 10.1. The highest BCUT2D eigenvalue weighted by Crippen LogP contribution is 2.29. The van der Waals surface area contributed by atoms with Crippen molar-refractivity contribution in [3.05, 3.63) is 28.3 Å². The second-order valence-corrected chi connectivity index (χ2v) is 3.47. The molecule has 0 atom stereocenters. The van der Waals surface area contributed by atoms with Crippen LogP contribution < -0.4 is 4.74 Å². The minimum atomic E-state index is 0.518. The second-order valence-electron chi connectivity index (χ2n) is 3.09. The van der Waals surface area contributed by atoms with Gasteiger partial charge in [-0.15, -0.1) is 0 Å². The summed E-state index contributed by atoms with van der Waals surface area (Å²) in [6.45, 7) is 1.93. The number of ether oxygens (including phenoxy) is 1. The fourth-order valence-corrected chi connectivity index (χ4v) is 1.49. The van der Waals surface area contributed by atoms with Crippen molar-refractivity contribution in [2.75, 3.05) is 7.11 Å². The molecule has 0 saturated heterocycles. The van der Waals surface area contributed by atoms with Crippen LogP contribution in [0.25, 0.3) is 0 Å². The predicted molar refractivity (Wildman–Crippen MR) is 56.7 cm³/mol. The van der Waals surface area contributed by atoms with Crippen LogP contribution in [0.3, 0.4) is 0 Å². The molecular formula is C11H12ClNO. The van der Waals surface area contributed by atoms with Gasteiger partial charge in [0.15, 0.2) is 0 Å². The molecule has 0 bridgehead atoms. The lowest BCUT2D eigenvalue weighted by molar-refractivity contribution is 0.414. The molecule has 0 heterocycles. The van der Waals surface area contributed by atoms with E-state index < -0.39 is 0 Å². The van der Waals surface area contributed by atoms with Crippen molar-refractivity contribution < 1.29 is 4.74 Å². The topological polar surface area (TPSA) is 33.0 Å². The number of aryl methyl sites for hydroxylation is 2. The van der Waals surface area contributed by atoms with Crippen LogP contribution in [0.5, 0.6) is 5.75 Å². The largest absolute Gasteiger partial charge is 0.495 e. The summed E-state index contributed by atoms with van der Waals surface area (Å²) in [5.41, 5.74) is 2.07. The monoisotopic (exact) mass is 209 g/mol. The maximum absolute atomic E-state index is 8.47. The Morgan fingerprint density at radius 1 is 1.50 bits per heavy atom. The molecule has 0 unspecified atom stereocenters. The Hall–Kier alpha value is -1.20. The van der Waals surface area contributed by atoms with E-state index in [2.05, 4.69) is 6.07 Å². The van der Waals surface area contributed by atoms with Crippen LogP contribution in [0.2, 0.25) is 5.02 Å². The van der Waals surface area contributed by atoms with E-state index in [1.54, 1.807) is 7.11 Å². The van der Waals surface area contributed by atoms with Gasteiger partial charge in [0.05, 0.1) is 18.2 Å². The van der Waals surface area contributed by atoms with Crippen LogP contribution in [0.4, 0.5) is 0 Å². The molecule has 0 fully saturated rings. The van der Waals surface area contributed by atoms with E-state index in [9.17, 15) is 0 Å². The van der Waals surface area contributed by atoms with Crippen LogP contribution in [0.1, 0.15) is 17.5 Å². The number of rotatable bonds is 3. The van der Waals surface area contributed by atoms with Gasteiger partial charge in [-0.2, -0.15) is 5.26 Å². The third-order valence-electron chi connectivity index (χ3n) is 2.03. The molecule has 0 radical (unpaired) electrons. The van der Waals surface area contributed by atoms with Crippen molar-refractivity contribution in [3.63, 3.8) is 0 Å². The number of hydrogen-bond acceptors (Lipinski definition) is 2. The summed E-state index contributed by atoms with van der Waals surface area (Å²) < 4.78 is 5.13. The highest BCUT2D eigenvalue weighted by molar-refractivity contribution is 6.32. The molecule has 1 aromatic rings. The van der Waals surface area contributed by atoms with Crippen LogP contribution in [0, 0.1) is 18.3 Å². The van der Waals surface area contributed by atoms with Gasteiger partial charge in [-0.05, 0) is 30.5 Å². The number of nitriles is 1. The van der Waals surface area contributed by atoms with Crippen molar-refractivity contribution >= 4 is 11.6 Å². The molecule has 3 heteroatoms. The van der Waals surface area contributed by atoms with E-state index in [1.165, 1.54) is 0 Å². The van der Waals surface area contributed by atoms with Crippen LogP contribution in [0.15, 0.2) is 12.1 Å². The zero-order valence-electron chi connectivity index (χ0n) is 8.30. The van der Waals surface area contributed by atoms with Crippen molar-refractivity contribution in [2.45, 2.75) is 19.8 Å². The smallest absolute Gasteiger partial charge is 0.137 e. The van der Waals surface area contributed by atoms with Gasteiger partial charge < -0.3 is 4.74 Å². The van der Waals surface area contributed by atoms with Crippen LogP contribution in [-0.4, -0.2) is 7.11 Å². The summed E-state index contributed by atoms with van der Waals surface area (Å²) in [5, 5.41) is 9.12. The summed E-state index contributed by atoms with van der Waals surface area (Å²) >= 11 is 6.01. The van der Waals surface area contributed by atoms with Crippen molar-refractivity contribution in [3.8, 4) is 11.8 Å². The van der Waals surface area contributed by atoms with E-state index in [0.717, 1.165) is 17.5 Å². The first-order chi connectivity index (χ1) is 6.69. The van der Waals surface area contributed by atoms with E-state index in [1.807, 2.05) is 19.1 Å². The molecule has 1 rings (SSSR count). The van der Waals surface area contributed by atoms with Crippen molar-refractivity contribution in [2.24, 2.45) is 0 Å². The quantitative estimate of drug-likeness (QED) is 0.767. The van der Waals surface area contributed by atoms with Gasteiger partial charge in [0.1, 0.15) is 5.75 Å². The SMILES string of the molecule is COc1cc(CCC#N)cc(C)c1Cl. The highest BCUT2D eigenvalue weighted by atomic mass is 35.5. The van der Waals surface area contributed by atoms with E-state index in [4.69, 9.17) is 21.6 Å². The molecule has 14 heavy (non-hydrogen) atoms. The van der Waals surface area contributed by atoms with Crippen molar-refractivity contribution in [1.82, 2.24) is 0 Å². The zero-order chi connectivity index (χ0) is 10.6. The number of benzene rings is 1. The lowest BCUT2D eigenvalue weighted by Gasteiger charge is -2.08. The molecule has 0 amide bonds. The molecule has 1 aromatic carbocycles. The minimum Gasteiger partial charge on any atom is -0.495 e. The molecule has 0 aliphatic carbocycles. The molecule has 0 N–H and O–H groups in total. The summed E-state index contributed by atoms with van der Waals surface area (Å²) in [7, 11) is 1.59. The lowest BCUT2D eigenvalue weighted by Crippen LogP contribution is -1.91. The normalized spacial score (nSPS) is 9.57. The highest BCUT2D eigenvalue weighted by Gasteiger charge is 2.05. The Morgan fingerprint density at radius 3 is 2.79 bits per heavy atom. The first-order valence-electron chi connectivity index (χ1n) is 4.39. The first kappa shape index (κ1) is 10.9. The van der Waals surface area contributed by atoms with Gasteiger partial charge in [0.2, 0.25) is 0 Å². The summed E-state index contributed by atoms with van der Waals surface area (Å²) in [6.07, 6.45) is 1.26. The Balaban J connectivity index is 2.98. The van der Waals surface area contributed by atoms with Gasteiger partial charge in [-0.25, -0.2) is 0 Å². The van der Waals surface area contributed by atoms with E-state index >= 15 is 0 Å². The number of halogens is 1. The molecule has 2 nitrogen and oxygen atoms in total. The molecule has 0 saturated carbocycles. The Morgan fingerprint density at radius 2 is 2.21 bits per heavy atom. The van der Waals surface area contributed by atoms with E-state index in [0.29, 0.717) is 17.2 Å². The second kappa shape index (κ2) is 4.88. The van der Waals surface area contributed by atoms with Gasteiger partial charge in [0, 0.05) is 6.42 Å². The van der Waals surface area contributed by atoms with Crippen molar-refractivity contribution in [1.29, 1.82) is 5.26 Å².